The second kappa shape index (κ2) is 5.19. The van der Waals surface area contributed by atoms with Gasteiger partial charge in [-0.1, -0.05) is 0 Å². The highest BCUT2D eigenvalue weighted by Gasteiger charge is 2.20. The van der Waals surface area contributed by atoms with E-state index < -0.39 is 0 Å². The SMILES string of the molecule is Cc1nn(C)c(C)c1CN(C)C1CCCNC1. The molecule has 1 aromatic rings. The van der Waals surface area contributed by atoms with E-state index in [1.807, 2.05) is 11.7 Å². The lowest BCUT2D eigenvalue weighted by molar-refractivity contribution is 0.195. The summed E-state index contributed by atoms with van der Waals surface area (Å²) in [7, 11) is 4.25. The molecule has 0 bridgehead atoms. The lowest BCUT2D eigenvalue weighted by Gasteiger charge is -2.31. The topological polar surface area (TPSA) is 33.1 Å². The molecule has 1 aliphatic rings. The molecule has 0 spiro atoms. The predicted molar refractivity (Wildman–Crippen MR) is 70.0 cm³/mol. The highest BCUT2D eigenvalue weighted by atomic mass is 15.3. The van der Waals surface area contributed by atoms with Crippen LogP contribution in [-0.2, 0) is 13.6 Å². The van der Waals surface area contributed by atoms with Crippen LogP contribution in [0.5, 0.6) is 0 Å². The first-order valence-electron chi connectivity index (χ1n) is 6.49. The third-order valence-electron chi connectivity index (χ3n) is 3.96. The van der Waals surface area contributed by atoms with E-state index in [4.69, 9.17) is 0 Å². The molecule has 2 rings (SSSR count). The molecule has 1 fully saturated rings. The van der Waals surface area contributed by atoms with E-state index >= 15 is 0 Å². The van der Waals surface area contributed by atoms with Gasteiger partial charge >= 0.3 is 0 Å². The first-order valence-corrected chi connectivity index (χ1v) is 6.49. The molecule has 0 saturated carbocycles. The minimum atomic E-state index is 0.669. The van der Waals surface area contributed by atoms with Gasteiger partial charge in [0.2, 0.25) is 0 Å². The Morgan fingerprint density at radius 3 is 2.76 bits per heavy atom. The van der Waals surface area contributed by atoms with Crippen molar-refractivity contribution in [2.45, 2.75) is 39.3 Å². The van der Waals surface area contributed by atoms with Crippen molar-refractivity contribution in [2.24, 2.45) is 7.05 Å². The zero-order valence-corrected chi connectivity index (χ0v) is 11.5. The minimum absolute atomic E-state index is 0.669. The van der Waals surface area contributed by atoms with Crippen LogP contribution < -0.4 is 5.32 Å². The highest BCUT2D eigenvalue weighted by molar-refractivity contribution is 5.24. The summed E-state index contributed by atoms with van der Waals surface area (Å²) >= 11 is 0. The van der Waals surface area contributed by atoms with Crippen molar-refractivity contribution in [2.75, 3.05) is 20.1 Å². The summed E-state index contributed by atoms with van der Waals surface area (Å²) in [6.07, 6.45) is 2.60. The number of nitrogens with one attached hydrogen (secondary N) is 1. The summed E-state index contributed by atoms with van der Waals surface area (Å²) in [5.41, 5.74) is 3.85. The number of likely N-dealkylation sites (N-methyl/N-ethyl adjacent to an activating group) is 1. The quantitative estimate of drug-likeness (QED) is 0.856. The predicted octanol–water partition coefficient (Wildman–Crippen LogP) is 1.22. The molecular weight excluding hydrogens is 212 g/mol. The smallest absolute Gasteiger partial charge is 0.0641 e. The maximum Gasteiger partial charge on any atom is 0.0641 e. The van der Waals surface area contributed by atoms with Crippen molar-refractivity contribution in [3.05, 3.63) is 17.0 Å². The molecule has 1 aliphatic heterocycles. The van der Waals surface area contributed by atoms with Gasteiger partial charge in [0.15, 0.2) is 0 Å². The van der Waals surface area contributed by atoms with Crippen molar-refractivity contribution in [1.82, 2.24) is 20.0 Å². The maximum atomic E-state index is 4.48. The molecule has 0 radical (unpaired) electrons. The number of rotatable bonds is 3. The van der Waals surface area contributed by atoms with E-state index in [1.165, 1.54) is 36.3 Å². The van der Waals surface area contributed by atoms with Gasteiger partial charge in [-0.05, 0) is 40.3 Å². The maximum absolute atomic E-state index is 4.48. The van der Waals surface area contributed by atoms with Gasteiger partial charge in [0.05, 0.1) is 5.69 Å². The van der Waals surface area contributed by atoms with Gasteiger partial charge in [-0.3, -0.25) is 9.58 Å². The number of hydrogen-bond donors (Lipinski definition) is 1. The number of hydrogen-bond acceptors (Lipinski definition) is 3. The van der Waals surface area contributed by atoms with Crippen LogP contribution in [0, 0.1) is 13.8 Å². The normalized spacial score (nSPS) is 21.1. The molecule has 17 heavy (non-hydrogen) atoms. The fourth-order valence-electron chi connectivity index (χ4n) is 2.63. The van der Waals surface area contributed by atoms with Gasteiger partial charge in [-0.25, -0.2) is 0 Å². The van der Waals surface area contributed by atoms with E-state index in [2.05, 4.69) is 36.2 Å². The third kappa shape index (κ3) is 2.69. The Balaban J connectivity index is 2.04. The van der Waals surface area contributed by atoms with Crippen LogP contribution in [0.4, 0.5) is 0 Å². The van der Waals surface area contributed by atoms with E-state index in [-0.39, 0.29) is 0 Å². The zero-order valence-electron chi connectivity index (χ0n) is 11.5. The average Bonchev–Trinajstić information content (AvgIpc) is 2.57. The lowest BCUT2D eigenvalue weighted by atomic mass is 10.1. The second-order valence-electron chi connectivity index (χ2n) is 5.19. The molecule has 1 N–H and O–H groups in total. The van der Waals surface area contributed by atoms with Crippen LogP contribution in [0.15, 0.2) is 0 Å². The number of piperidine rings is 1. The van der Waals surface area contributed by atoms with Crippen LogP contribution >= 0.6 is 0 Å². The first kappa shape index (κ1) is 12.6. The van der Waals surface area contributed by atoms with Crippen molar-refractivity contribution in [3.8, 4) is 0 Å². The Morgan fingerprint density at radius 1 is 1.47 bits per heavy atom. The molecule has 1 atom stereocenters. The first-order chi connectivity index (χ1) is 8.09. The molecule has 0 aliphatic carbocycles. The van der Waals surface area contributed by atoms with Gasteiger partial charge in [-0.15, -0.1) is 0 Å². The molecule has 1 aromatic heterocycles. The summed E-state index contributed by atoms with van der Waals surface area (Å²) < 4.78 is 1.98. The molecule has 2 heterocycles. The Bertz CT molecular complexity index is 377. The van der Waals surface area contributed by atoms with Crippen molar-refractivity contribution in [1.29, 1.82) is 0 Å². The second-order valence-corrected chi connectivity index (χ2v) is 5.19. The monoisotopic (exact) mass is 236 g/mol. The molecule has 96 valence electrons. The van der Waals surface area contributed by atoms with E-state index in [0.29, 0.717) is 6.04 Å². The largest absolute Gasteiger partial charge is 0.315 e. The van der Waals surface area contributed by atoms with Gasteiger partial charge in [0, 0.05) is 37.4 Å². The standard InChI is InChI=1S/C13H24N4/c1-10-13(11(2)17(4)15-10)9-16(3)12-6-5-7-14-8-12/h12,14H,5-9H2,1-4H3. The summed E-state index contributed by atoms with van der Waals surface area (Å²) in [4.78, 5) is 2.46. The molecule has 1 saturated heterocycles. The average molecular weight is 236 g/mol. The Morgan fingerprint density at radius 2 is 2.24 bits per heavy atom. The molecule has 4 heteroatoms. The summed E-state index contributed by atoms with van der Waals surface area (Å²) in [6.45, 7) is 7.57. The van der Waals surface area contributed by atoms with Gasteiger partial charge < -0.3 is 5.32 Å². The lowest BCUT2D eigenvalue weighted by Crippen LogP contribution is -2.43. The molecule has 0 aromatic carbocycles. The van der Waals surface area contributed by atoms with Gasteiger partial charge in [0.25, 0.3) is 0 Å². The van der Waals surface area contributed by atoms with Crippen LogP contribution in [0.25, 0.3) is 0 Å². The number of aromatic nitrogens is 2. The highest BCUT2D eigenvalue weighted by Crippen LogP contribution is 2.17. The Hall–Kier alpha value is -0.870. The number of aryl methyl sites for hydroxylation is 2. The molecular formula is C13H24N4. The van der Waals surface area contributed by atoms with Gasteiger partial charge in [0.1, 0.15) is 0 Å². The van der Waals surface area contributed by atoms with E-state index in [9.17, 15) is 0 Å². The molecule has 0 amide bonds. The number of nitrogens with zero attached hydrogens (tertiary/aromatic N) is 3. The fraction of sp³-hybridized carbons (Fsp3) is 0.769. The van der Waals surface area contributed by atoms with Crippen LogP contribution in [0.1, 0.15) is 29.8 Å². The van der Waals surface area contributed by atoms with Crippen molar-refractivity contribution < 1.29 is 0 Å². The van der Waals surface area contributed by atoms with Gasteiger partial charge in [-0.2, -0.15) is 5.10 Å². The zero-order chi connectivity index (χ0) is 12.4. The summed E-state index contributed by atoms with van der Waals surface area (Å²) in [6, 6.07) is 0.669. The fourth-order valence-corrected chi connectivity index (χ4v) is 2.63. The Kier molecular flexibility index (Phi) is 3.84. The van der Waals surface area contributed by atoms with E-state index in [0.717, 1.165) is 13.1 Å². The molecule has 1 unspecified atom stereocenters. The van der Waals surface area contributed by atoms with Crippen molar-refractivity contribution >= 4 is 0 Å². The van der Waals surface area contributed by atoms with E-state index in [1.54, 1.807) is 0 Å². The molecule has 4 nitrogen and oxygen atoms in total. The van der Waals surface area contributed by atoms with Crippen LogP contribution in [0.2, 0.25) is 0 Å². The summed E-state index contributed by atoms with van der Waals surface area (Å²) in [5.74, 6) is 0. The minimum Gasteiger partial charge on any atom is -0.315 e. The third-order valence-corrected chi connectivity index (χ3v) is 3.96. The summed E-state index contributed by atoms with van der Waals surface area (Å²) in [5, 5.41) is 7.96. The van der Waals surface area contributed by atoms with Crippen molar-refractivity contribution in [3.63, 3.8) is 0 Å². The van der Waals surface area contributed by atoms with Crippen LogP contribution in [0.3, 0.4) is 0 Å². The Labute approximate surface area is 104 Å². The van der Waals surface area contributed by atoms with Crippen LogP contribution in [-0.4, -0.2) is 40.9 Å².